The minimum atomic E-state index is -0.0942. The van der Waals surface area contributed by atoms with E-state index in [0.29, 0.717) is 5.13 Å². The van der Waals surface area contributed by atoms with Crippen molar-refractivity contribution in [2.45, 2.75) is 18.6 Å². The number of thiazole rings is 1. The molecule has 0 bridgehead atoms. The summed E-state index contributed by atoms with van der Waals surface area (Å²) in [6.07, 6.45) is 1.66. The maximum atomic E-state index is 11.9. The Bertz CT molecular complexity index is 736. The number of carbonyl (C=O) groups excluding carboxylic acids is 1. The summed E-state index contributed by atoms with van der Waals surface area (Å²) in [5, 5.41) is 16.4. The van der Waals surface area contributed by atoms with E-state index >= 15 is 0 Å². The molecular formula is C13H13N5OS3. The monoisotopic (exact) mass is 351 g/mol. The predicted octanol–water partition coefficient (Wildman–Crippen LogP) is 3.21. The second-order valence-electron chi connectivity index (χ2n) is 4.20. The molecule has 3 aromatic rings. The van der Waals surface area contributed by atoms with Gasteiger partial charge in [0.2, 0.25) is 5.91 Å². The molecule has 0 aromatic carbocycles. The zero-order valence-electron chi connectivity index (χ0n) is 11.7. The van der Waals surface area contributed by atoms with Crippen LogP contribution < -0.4 is 5.32 Å². The van der Waals surface area contributed by atoms with E-state index in [9.17, 15) is 4.79 Å². The third-order valence-corrected chi connectivity index (χ3v) is 5.31. The summed E-state index contributed by atoms with van der Waals surface area (Å²) in [5.41, 5.74) is 0. The van der Waals surface area contributed by atoms with E-state index < -0.39 is 0 Å². The number of nitrogens with one attached hydrogen (secondary N) is 1. The summed E-state index contributed by atoms with van der Waals surface area (Å²) in [4.78, 5) is 17.0. The summed E-state index contributed by atoms with van der Waals surface area (Å²) in [6.45, 7) is 2.80. The van der Waals surface area contributed by atoms with Crippen molar-refractivity contribution in [3.8, 4) is 10.7 Å². The number of hydrogen-bond acceptors (Lipinski definition) is 7. The van der Waals surface area contributed by atoms with Crippen molar-refractivity contribution in [1.82, 2.24) is 19.7 Å². The Morgan fingerprint density at radius 2 is 2.27 bits per heavy atom. The number of amides is 1. The molecule has 1 amide bonds. The average molecular weight is 351 g/mol. The van der Waals surface area contributed by atoms with Gasteiger partial charge < -0.3 is 9.88 Å². The lowest BCUT2D eigenvalue weighted by Gasteiger charge is -2.05. The topological polar surface area (TPSA) is 72.7 Å². The van der Waals surface area contributed by atoms with E-state index in [-0.39, 0.29) is 11.7 Å². The summed E-state index contributed by atoms with van der Waals surface area (Å²) < 4.78 is 2.02. The number of hydrogen-bond donors (Lipinski definition) is 1. The fourth-order valence-corrected chi connectivity index (χ4v) is 3.90. The molecule has 0 saturated carbocycles. The predicted molar refractivity (Wildman–Crippen MR) is 90.5 cm³/mol. The standard InChI is InChI=1S/C13H13N5OS3/c1-2-18-11(9-4-3-6-20-9)16-17-13(18)22-8-10(19)15-12-14-5-7-21-12/h3-7H,2,8H2,1H3,(H,14,15,19). The van der Waals surface area contributed by atoms with Crippen LogP contribution in [0.5, 0.6) is 0 Å². The van der Waals surface area contributed by atoms with Crippen molar-refractivity contribution >= 4 is 45.5 Å². The van der Waals surface area contributed by atoms with Crippen LogP contribution in [0, 0.1) is 0 Å². The lowest BCUT2D eigenvalue weighted by molar-refractivity contribution is -0.113. The SMILES string of the molecule is CCn1c(SCC(=O)Nc2nccs2)nnc1-c1cccs1. The number of carbonyl (C=O) groups is 1. The molecule has 0 spiro atoms. The van der Waals surface area contributed by atoms with Crippen molar-refractivity contribution in [2.24, 2.45) is 0 Å². The Morgan fingerprint density at radius 3 is 2.95 bits per heavy atom. The average Bonchev–Trinajstić information content (AvgIpc) is 3.25. The number of nitrogens with zero attached hydrogens (tertiary/aromatic N) is 4. The molecule has 3 aromatic heterocycles. The first-order valence-corrected chi connectivity index (χ1v) is 9.31. The zero-order valence-corrected chi connectivity index (χ0v) is 14.2. The third kappa shape index (κ3) is 3.37. The first kappa shape index (κ1) is 15.2. The molecule has 22 heavy (non-hydrogen) atoms. The maximum absolute atomic E-state index is 11.9. The molecule has 0 unspecified atom stereocenters. The van der Waals surface area contributed by atoms with Gasteiger partial charge in [0.15, 0.2) is 16.1 Å². The first-order chi connectivity index (χ1) is 10.8. The highest BCUT2D eigenvalue weighted by Gasteiger charge is 2.15. The van der Waals surface area contributed by atoms with E-state index in [2.05, 4.69) is 20.5 Å². The highest BCUT2D eigenvalue weighted by Crippen LogP contribution is 2.27. The van der Waals surface area contributed by atoms with Crippen LogP contribution in [0.25, 0.3) is 10.7 Å². The van der Waals surface area contributed by atoms with Crippen LogP contribution in [-0.2, 0) is 11.3 Å². The van der Waals surface area contributed by atoms with Gasteiger partial charge in [-0.1, -0.05) is 17.8 Å². The van der Waals surface area contributed by atoms with Crippen LogP contribution >= 0.6 is 34.4 Å². The molecule has 0 radical (unpaired) electrons. The largest absolute Gasteiger partial charge is 0.302 e. The zero-order chi connectivity index (χ0) is 15.4. The van der Waals surface area contributed by atoms with Crippen molar-refractivity contribution in [1.29, 1.82) is 0 Å². The van der Waals surface area contributed by atoms with Gasteiger partial charge in [-0.2, -0.15) is 0 Å². The highest BCUT2D eigenvalue weighted by molar-refractivity contribution is 7.99. The molecule has 114 valence electrons. The van der Waals surface area contributed by atoms with Crippen LogP contribution in [0.3, 0.4) is 0 Å². The molecule has 3 rings (SSSR count). The smallest absolute Gasteiger partial charge is 0.236 e. The van der Waals surface area contributed by atoms with Crippen molar-refractivity contribution in [2.75, 3.05) is 11.1 Å². The minimum absolute atomic E-state index is 0.0942. The molecular weight excluding hydrogens is 338 g/mol. The highest BCUT2D eigenvalue weighted by atomic mass is 32.2. The van der Waals surface area contributed by atoms with Gasteiger partial charge in [0.1, 0.15) is 0 Å². The molecule has 0 saturated heterocycles. The number of thiophene rings is 1. The second-order valence-corrected chi connectivity index (χ2v) is 6.99. The molecule has 0 aliphatic rings. The third-order valence-electron chi connectivity index (χ3n) is 2.79. The van der Waals surface area contributed by atoms with Gasteiger partial charge in [0, 0.05) is 18.1 Å². The van der Waals surface area contributed by atoms with E-state index in [1.807, 2.05) is 34.4 Å². The van der Waals surface area contributed by atoms with Crippen molar-refractivity contribution in [3.63, 3.8) is 0 Å². The van der Waals surface area contributed by atoms with Crippen molar-refractivity contribution in [3.05, 3.63) is 29.1 Å². The van der Waals surface area contributed by atoms with E-state index in [1.54, 1.807) is 17.5 Å². The molecule has 0 aliphatic heterocycles. The number of thioether (sulfide) groups is 1. The molecule has 6 nitrogen and oxygen atoms in total. The Kier molecular flexibility index (Phi) is 4.86. The Balaban J connectivity index is 1.66. The van der Waals surface area contributed by atoms with E-state index in [4.69, 9.17) is 0 Å². The van der Waals surface area contributed by atoms with E-state index in [0.717, 1.165) is 22.4 Å². The fraction of sp³-hybridized carbons (Fsp3) is 0.231. The molecule has 0 atom stereocenters. The first-order valence-electron chi connectivity index (χ1n) is 6.57. The number of rotatable bonds is 6. The number of aromatic nitrogens is 4. The van der Waals surface area contributed by atoms with Gasteiger partial charge in [-0.25, -0.2) is 4.98 Å². The Labute approximate surface area is 139 Å². The van der Waals surface area contributed by atoms with Crippen LogP contribution in [0.1, 0.15) is 6.92 Å². The lowest BCUT2D eigenvalue weighted by atomic mass is 10.4. The van der Waals surface area contributed by atoms with Crippen molar-refractivity contribution < 1.29 is 4.79 Å². The summed E-state index contributed by atoms with van der Waals surface area (Å²) in [6, 6.07) is 4.01. The Hall–Kier alpha value is -1.71. The second kappa shape index (κ2) is 7.03. The van der Waals surface area contributed by atoms with Gasteiger partial charge in [-0.3, -0.25) is 4.79 Å². The van der Waals surface area contributed by atoms with Gasteiger partial charge in [-0.05, 0) is 18.4 Å². The number of anilines is 1. The fourth-order valence-electron chi connectivity index (χ4n) is 1.84. The van der Waals surface area contributed by atoms with Gasteiger partial charge in [-0.15, -0.1) is 32.9 Å². The maximum Gasteiger partial charge on any atom is 0.236 e. The Morgan fingerprint density at radius 1 is 1.36 bits per heavy atom. The van der Waals surface area contributed by atoms with Crippen LogP contribution in [0.15, 0.2) is 34.2 Å². The van der Waals surface area contributed by atoms with Gasteiger partial charge >= 0.3 is 0 Å². The molecule has 9 heteroatoms. The normalized spacial score (nSPS) is 10.8. The molecule has 0 fully saturated rings. The van der Waals surface area contributed by atoms with Gasteiger partial charge in [0.05, 0.1) is 10.6 Å². The van der Waals surface area contributed by atoms with Gasteiger partial charge in [0.25, 0.3) is 0 Å². The van der Waals surface area contributed by atoms with Crippen LogP contribution in [-0.4, -0.2) is 31.4 Å². The van der Waals surface area contributed by atoms with Crippen LogP contribution in [0.2, 0.25) is 0 Å². The molecule has 0 aliphatic carbocycles. The summed E-state index contributed by atoms with van der Waals surface area (Å²) >= 11 is 4.40. The minimum Gasteiger partial charge on any atom is -0.302 e. The lowest BCUT2D eigenvalue weighted by Crippen LogP contribution is -2.14. The molecule has 3 heterocycles. The molecule has 1 N–H and O–H groups in total. The summed E-state index contributed by atoms with van der Waals surface area (Å²) in [7, 11) is 0. The van der Waals surface area contributed by atoms with Crippen LogP contribution in [0.4, 0.5) is 5.13 Å². The quantitative estimate of drug-likeness (QED) is 0.690. The summed E-state index contributed by atoms with van der Waals surface area (Å²) in [5.74, 6) is 1.03. The van der Waals surface area contributed by atoms with E-state index in [1.165, 1.54) is 23.1 Å².